The van der Waals surface area contributed by atoms with Crippen molar-refractivity contribution in [2.24, 2.45) is 5.92 Å². The first-order chi connectivity index (χ1) is 9.61. The lowest BCUT2D eigenvalue weighted by Gasteiger charge is -2.17. The van der Waals surface area contributed by atoms with Crippen LogP contribution in [0.3, 0.4) is 0 Å². The Kier molecular flexibility index (Phi) is 5.77. The third kappa shape index (κ3) is 3.91. The molecule has 1 aliphatic heterocycles. The molecule has 0 unspecified atom stereocenters. The largest absolute Gasteiger partial charge is 0.395 e. The third-order valence-electron chi connectivity index (χ3n) is 4.57. The van der Waals surface area contributed by atoms with Crippen LogP contribution in [0.5, 0.6) is 0 Å². The lowest BCUT2D eigenvalue weighted by Crippen LogP contribution is -2.44. The van der Waals surface area contributed by atoms with Crippen LogP contribution in [0.15, 0.2) is 0 Å². The van der Waals surface area contributed by atoms with Crippen molar-refractivity contribution in [1.29, 1.82) is 0 Å². The predicted molar refractivity (Wildman–Crippen MR) is 74.0 cm³/mol. The van der Waals surface area contributed by atoms with Crippen molar-refractivity contribution in [1.82, 2.24) is 10.6 Å². The molecule has 1 amide bonds. The smallest absolute Gasteiger partial charge is 0.220 e. The van der Waals surface area contributed by atoms with Crippen LogP contribution in [0.4, 0.5) is 0 Å². The summed E-state index contributed by atoms with van der Waals surface area (Å²) in [6, 6.07) is -0.928. The van der Waals surface area contributed by atoms with E-state index in [0.29, 0.717) is 12.3 Å². The van der Waals surface area contributed by atoms with Crippen LogP contribution in [0.25, 0.3) is 0 Å². The van der Waals surface area contributed by atoms with E-state index in [9.17, 15) is 15.0 Å². The molecule has 2 aliphatic rings. The number of hydrogen-bond donors (Lipinski definition) is 5. The summed E-state index contributed by atoms with van der Waals surface area (Å²) < 4.78 is 0. The Labute approximate surface area is 119 Å². The summed E-state index contributed by atoms with van der Waals surface area (Å²) in [6.07, 6.45) is 4.56. The summed E-state index contributed by atoms with van der Waals surface area (Å²) in [6.45, 7) is 0.0442. The average Bonchev–Trinajstić information content (AvgIpc) is 3.05. The standard InChI is InChI=1S/C14H26N2O4/c17-8-11-14(20)13(19)10(16-11)7-15-12(18)6-5-9-3-1-2-4-9/h9-11,13-14,16-17,19-20H,1-8H2,(H,15,18)/t10-,11+,13+,14-/m0/s1. The lowest BCUT2D eigenvalue weighted by atomic mass is 10.0. The molecule has 1 aliphatic carbocycles. The van der Waals surface area contributed by atoms with Gasteiger partial charge in [0.2, 0.25) is 5.91 Å². The maximum atomic E-state index is 11.8. The van der Waals surface area contributed by atoms with Gasteiger partial charge in [0.25, 0.3) is 0 Å². The van der Waals surface area contributed by atoms with Crippen molar-refractivity contribution in [3.8, 4) is 0 Å². The minimum Gasteiger partial charge on any atom is -0.395 e. The van der Waals surface area contributed by atoms with E-state index in [2.05, 4.69) is 10.6 Å². The van der Waals surface area contributed by atoms with Crippen LogP contribution >= 0.6 is 0 Å². The molecule has 0 aromatic rings. The van der Waals surface area contributed by atoms with Crippen LogP contribution in [0.2, 0.25) is 0 Å². The highest BCUT2D eigenvalue weighted by molar-refractivity contribution is 5.75. The Bertz CT molecular complexity index is 320. The van der Waals surface area contributed by atoms with Gasteiger partial charge in [-0.1, -0.05) is 25.7 Å². The van der Waals surface area contributed by atoms with Crippen LogP contribution in [-0.4, -0.2) is 58.7 Å². The molecule has 116 valence electrons. The number of rotatable bonds is 6. The summed E-state index contributed by atoms with van der Waals surface area (Å²) in [7, 11) is 0. The van der Waals surface area contributed by atoms with E-state index in [1.165, 1.54) is 25.7 Å². The highest BCUT2D eigenvalue weighted by Gasteiger charge is 2.40. The Morgan fingerprint density at radius 2 is 1.80 bits per heavy atom. The zero-order chi connectivity index (χ0) is 14.5. The number of nitrogens with one attached hydrogen (secondary N) is 2. The second-order valence-electron chi connectivity index (χ2n) is 6.04. The number of amides is 1. The van der Waals surface area contributed by atoms with E-state index in [4.69, 9.17) is 5.11 Å². The quantitative estimate of drug-likeness (QED) is 0.437. The average molecular weight is 286 g/mol. The van der Waals surface area contributed by atoms with Crippen molar-refractivity contribution >= 4 is 5.91 Å². The predicted octanol–water partition coefficient (Wildman–Crippen LogP) is -0.872. The van der Waals surface area contributed by atoms with Crippen LogP contribution < -0.4 is 10.6 Å². The van der Waals surface area contributed by atoms with Gasteiger partial charge in [-0.2, -0.15) is 0 Å². The second kappa shape index (κ2) is 7.36. The summed E-state index contributed by atoms with van der Waals surface area (Å²) in [5, 5.41) is 34.2. The first-order valence-corrected chi connectivity index (χ1v) is 7.61. The number of aliphatic hydroxyl groups is 3. The Morgan fingerprint density at radius 3 is 2.40 bits per heavy atom. The van der Waals surface area contributed by atoms with Crippen molar-refractivity contribution < 1.29 is 20.1 Å². The van der Waals surface area contributed by atoms with Gasteiger partial charge in [-0.15, -0.1) is 0 Å². The van der Waals surface area contributed by atoms with Gasteiger partial charge in [0.1, 0.15) is 0 Å². The van der Waals surface area contributed by atoms with Gasteiger partial charge >= 0.3 is 0 Å². The first kappa shape index (κ1) is 15.7. The molecule has 6 heteroatoms. The van der Waals surface area contributed by atoms with Gasteiger partial charge in [0.05, 0.1) is 30.9 Å². The third-order valence-corrected chi connectivity index (χ3v) is 4.57. The number of carbonyl (C=O) groups excluding carboxylic acids is 1. The molecule has 1 heterocycles. The SMILES string of the molecule is O=C(CCC1CCCC1)NC[C@@H]1N[C@H](CO)[C@H](O)[C@@H]1O. The van der Waals surface area contributed by atoms with Gasteiger partial charge in [-0.3, -0.25) is 4.79 Å². The molecule has 0 aromatic heterocycles. The molecule has 1 saturated carbocycles. The number of hydrogen-bond acceptors (Lipinski definition) is 5. The highest BCUT2D eigenvalue weighted by Crippen LogP contribution is 2.28. The van der Waals surface area contributed by atoms with E-state index < -0.39 is 24.3 Å². The molecule has 0 spiro atoms. The van der Waals surface area contributed by atoms with Crippen LogP contribution in [0, 0.1) is 5.92 Å². The normalized spacial score (nSPS) is 34.5. The van der Waals surface area contributed by atoms with Crippen molar-refractivity contribution in [2.45, 2.75) is 62.8 Å². The first-order valence-electron chi connectivity index (χ1n) is 7.61. The summed E-state index contributed by atoms with van der Waals surface area (Å²) >= 11 is 0. The molecule has 1 saturated heterocycles. The molecule has 2 rings (SSSR count). The second-order valence-corrected chi connectivity index (χ2v) is 6.04. The Morgan fingerprint density at radius 1 is 1.15 bits per heavy atom. The zero-order valence-corrected chi connectivity index (χ0v) is 11.8. The van der Waals surface area contributed by atoms with Crippen LogP contribution in [0.1, 0.15) is 38.5 Å². The fourth-order valence-corrected chi connectivity index (χ4v) is 3.23. The minimum atomic E-state index is -0.986. The Hall–Kier alpha value is -0.690. The molecule has 20 heavy (non-hydrogen) atoms. The Balaban J connectivity index is 1.65. The molecular weight excluding hydrogens is 260 g/mol. The monoisotopic (exact) mass is 286 g/mol. The van der Waals surface area contributed by atoms with E-state index in [1.807, 2.05) is 0 Å². The molecule has 0 radical (unpaired) electrons. The highest BCUT2D eigenvalue weighted by atomic mass is 16.3. The van der Waals surface area contributed by atoms with Gasteiger partial charge in [0, 0.05) is 13.0 Å². The lowest BCUT2D eigenvalue weighted by molar-refractivity contribution is -0.121. The van der Waals surface area contributed by atoms with Crippen LogP contribution in [-0.2, 0) is 4.79 Å². The molecule has 2 fully saturated rings. The van der Waals surface area contributed by atoms with Gasteiger partial charge in [-0.25, -0.2) is 0 Å². The van der Waals surface area contributed by atoms with E-state index in [1.54, 1.807) is 0 Å². The van der Waals surface area contributed by atoms with Crippen molar-refractivity contribution in [3.63, 3.8) is 0 Å². The van der Waals surface area contributed by atoms with E-state index in [-0.39, 0.29) is 19.1 Å². The molecule has 0 bridgehead atoms. The van der Waals surface area contributed by atoms with E-state index >= 15 is 0 Å². The fraction of sp³-hybridized carbons (Fsp3) is 0.929. The molecule has 0 aromatic carbocycles. The zero-order valence-electron chi connectivity index (χ0n) is 11.8. The van der Waals surface area contributed by atoms with E-state index in [0.717, 1.165) is 6.42 Å². The maximum Gasteiger partial charge on any atom is 0.220 e. The number of aliphatic hydroxyl groups excluding tert-OH is 3. The molecule has 5 N–H and O–H groups in total. The van der Waals surface area contributed by atoms with Gasteiger partial charge in [0.15, 0.2) is 0 Å². The summed E-state index contributed by atoms with van der Waals surface area (Å²) in [4.78, 5) is 11.8. The summed E-state index contributed by atoms with van der Waals surface area (Å²) in [5.74, 6) is 0.685. The van der Waals surface area contributed by atoms with Crippen molar-refractivity contribution in [2.75, 3.05) is 13.2 Å². The van der Waals surface area contributed by atoms with Gasteiger partial charge < -0.3 is 26.0 Å². The summed E-state index contributed by atoms with van der Waals surface area (Å²) in [5.41, 5.74) is 0. The molecule has 6 nitrogen and oxygen atoms in total. The molecular formula is C14H26N2O4. The number of carbonyl (C=O) groups is 1. The topological polar surface area (TPSA) is 102 Å². The van der Waals surface area contributed by atoms with Crippen molar-refractivity contribution in [3.05, 3.63) is 0 Å². The minimum absolute atomic E-state index is 0.00663. The van der Waals surface area contributed by atoms with Gasteiger partial charge in [-0.05, 0) is 12.3 Å². The maximum absolute atomic E-state index is 11.8. The molecule has 4 atom stereocenters. The fourth-order valence-electron chi connectivity index (χ4n) is 3.23.